The summed E-state index contributed by atoms with van der Waals surface area (Å²) >= 11 is 0. The lowest BCUT2D eigenvalue weighted by Gasteiger charge is -2.15. The van der Waals surface area contributed by atoms with E-state index in [4.69, 9.17) is 15.0 Å². The Morgan fingerprint density at radius 3 is 1.15 bits per heavy atom. The van der Waals surface area contributed by atoms with Gasteiger partial charge in [0.05, 0.1) is 0 Å². The lowest BCUT2D eigenvalue weighted by molar-refractivity contribution is 1.05. The molecule has 10 aromatic rings. The lowest BCUT2D eigenvalue weighted by Crippen LogP contribution is -2.02. The number of rotatable bonds is 5. The van der Waals surface area contributed by atoms with Crippen LogP contribution >= 0.6 is 0 Å². The predicted molar refractivity (Wildman–Crippen MR) is 213 cm³/mol. The van der Waals surface area contributed by atoms with Crippen LogP contribution in [-0.4, -0.2) is 24.9 Å². The van der Waals surface area contributed by atoms with Crippen LogP contribution in [0.1, 0.15) is 0 Å². The minimum Gasteiger partial charge on any atom is -0.253 e. The molecule has 3 aromatic heterocycles. The standard InChI is InChI=1S/C47H29N5/c1-3-13-32-28-41-34(23-30(32)11-1)15-9-17-39(41)36-25-37(40-18-10-16-35-24-31-12-2-4-14-33(31)29-42(35)40)27-38(26-36)45-50-46(43-19-5-7-21-48-43)52-47(51-45)44-20-6-8-22-49-44/h1-29H. The van der Waals surface area contributed by atoms with Gasteiger partial charge in [0.15, 0.2) is 17.5 Å². The van der Waals surface area contributed by atoms with Crippen molar-refractivity contribution < 1.29 is 0 Å². The molecule has 0 radical (unpaired) electrons. The molecule has 0 amide bonds. The van der Waals surface area contributed by atoms with Crippen molar-refractivity contribution >= 4 is 43.1 Å². The summed E-state index contributed by atoms with van der Waals surface area (Å²) < 4.78 is 0. The smallest absolute Gasteiger partial charge is 0.182 e. The molecule has 5 nitrogen and oxygen atoms in total. The highest BCUT2D eigenvalue weighted by molar-refractivity contribution is 6.08. The molecular weight excluding hydrogens is 635 g/mol. The van der Waals surface area contributed by atoms with Crippen molar-refractivity contribution in [3.63, 3.8) is 0 Å². The second-order valence-electron chi connectivity index (χ2n) is 13.0. The highest BCUT2D eigenvalue weighted by Gasteiger charge is 2.17. The molecular formula is C47H29N5. The van der Waals surface area contributed by atoms with Crippen LogP contribution in [0.15, 0.2) is 176 Å². The zero-order valence-corrected chi connectivity index (χ0v) is 28.0. The van der Waals surface area contributed by atoms with E-state index in [2.05, 4.69) is 137 Å². The van der Waals surface area contributed by atoms with Gasteiger partial charge in [0.25, 0.3) is 0 Å². The van der Waals surface area contributed by atoms with Gasteiger partial charge in [0, 0.05) is 18.0 Å². The van der Waals surface area contributed by atoms with E-state index in [0.717, 1.165) is 27.8 Å². The van der Waals surface area contributed by atoms with Crippen molar-refractivity contribution in [3.8, 4) is 56.7 Å². The minimum atomic E-state index is 0.492. The van der Waals surface area contributed by atoms with Crippen LogP contribution in [0, 0.1) is 0 Å². The zero-order valence-electron chi connectivity index (χ0n) is 28.0. The van der Waals surface area contributed by atoms with Gasteiger partial charge in [-0.15, -0.1) is 0 Å². The van der Waals surface area contributed by atoms with Crippen LogP contribution in [0.25, 0.3) is 99.8 Å². The van der Waals surface area contributed by atoms with Gasteiger partial charge in [-0.05, 0) is 132 Å². The van der Waals surface area contributed by atoms with E-state index in [-0.39, 0.29) is 0 Å². The van der Waals surface area contributed by atoms with Crippen LogP contribution in [-0.2, 0) is 0 Å². The summed E-state index contributed by atoms with van der Waals surface area (Å²) in [5.41, 5.74) is 6.64. The largest absolute Gasteiger partial charge is 0.253 e. The van der Waals surface area contributed by atoms with E-state index in [1.807, 2.05) is 36.4 Å². The summed E-state index contributed by atoms with van der Waals surface area (Å²) in [6, 6.07) is 57.5. The Balaban J connectivity index is 1.26. The van der Waals surface area contributed by atoms with E-state index in [9.17, 15) is 0 Å². The van der Waals surface area contributed by atoms with Crippen molar-refractivity contribution in [2.24, 2.45) is 0 Å². The molecule has 0 spiro atoms. The Morgan fingerprint density at radius 2 is 0.692 bits per heavy atom. The molecule has 0 N–H and O–H groups in total. The van der Waals surface area contributed by atoms with Crippen molar-refractivity contribution in [3.05, 3.63) is 176 Å². The molecule has 0 aliphatic carbocycles. The second kappa shape index (κ2) is 12.3. The van der Waals surface area contributed by atoms with Gasteiger partial charge >= 0.3 is 0 Å². The minimum absolute atomic E-state index is 0.492. The van der Waals surface area contributed by atoms with E-state index < -0.39 is 0 Å². The van der Waals surface area contributed by atoms with Crippen LogP contribution in [0.5, 0.6) is 0 Å². The third-order valence-corrected chi connectivity index (χ3v) is 9.73. The molecule has 5 heteroatoms. The third kappa shape index (κ3) is 5.32. The van der Waals surface area contributed by atoms with Crippen molar-refractivity contribution in [1.82, 2.24) is 24.9 Å². The number of hydrogen-bond acceptors (Lipinski definition) is 5. The van der Waals surface area contributed by atoms with Gasteiger partial charge in [-0.25, -0.2) is 15.0 Å². The molecule has 52 heavy (non-hydrogen) atoms. The highest BCUT2D eigenvalue weighted by Crippen LogP contribution is 2.39. The molecule has 0 saturated heterocycles. The summed E-state index contributed by atoms with van der Waals surface area (Å²) in [6.07, 6.45) is 3.51. The van der Waals surface area contributed by atoms with E-state index >= 15 is 0 Å². The van der Waals surface area contributed by atoms with Gasteiger partial charge in [-0.3, -0.25) is 9.97 Å². The highest BCUT2D eigenvalue weighted by atomic mass is 15.1. The van der Waals surface area contributed by atoms with Gasteiger partial charge < -0.3 is 0 Å². The monoisotopic (exact) mass is 663 g/mol. The van der Waals surface area contributed by atoms with E-state index in [0.29, 0.717) is 28.9 Å². The summed E-state index contributed by atoms with van der Waals surface area (Å²) in [4.78, 5) is 24.2. The topological polar surface area (TPSA) is 64.5 Å². The Hall–Kier alpha value is -7.11. The Bertz CT molecular complexity index is 2760. The molecule has 242 valence electrons. The molecule has 0 fully saturated rings. The van der Waals surface area contributed by atoms with Crippen molar-refractivity contribution in [1.29, 1.82) is 0 Å². The fourth-order valence-electron chi connectivity index (χ4n) is 7.23. The van der Waals surface area contributed by atoms with Crippen LogP contribution in [0.3, 0.4) is 0 Å². The van der Waals surface area contributed by atoms with Gasteiger partial charge in [0.1, 0.15) is 11.4 Å². The average Bonchev–Trinajstić information content (AvgIpc) is 3.22. The first-order valence-corrected chi connectivity index (χ1v) is 17.3. The molecule has 0 bridgehead atoms. The molecule has 0 saturated carbocycles. The summed E-state index contributed by atoms with van der Waals surface area (Å²) in [7, 11) is 0. The maximum Gasteiger partial charge on any atom is 0.182 e. The maximum absolute atomic E-state index is 5.06. The Morgan fingerprint density at radius 1 is 0.288 bits per heavy atom. The first-order valence-electron chi connectivity index (χ1n) is 17.3. The van der Waals surface area contributed by atoms with Gasteiger partial charge in [0.2, 0.25) is 0 Å². The normalized spacial score (nSPS) is 11.5. The zero-order chi connectivity index (χ0) is 34.4. The number of nitrogens with zero attached hydrogens (tertiary/aromatic N) is 5. The summed E-state index contributed by atoms with van der Waals surface area (Å²) in [6.45, 7) is 0. The molecule has 0 aliphatic heterocycles. The van der Waals surface area contributed by atoms with Gasteiger partial charge in [-0.2, -0.15) is 0 Å². The summed E-state index contributed by atoms with van der Waals surface area (Å²) in [5, 5.41) is 9.61. The van der Waals surface area contributed by atoms with E-state index in [1.54, 1.807) is 12.4 Å². The first-order chi connectivity index (χ1) is 25.7. The van der Waals surface area contributed by atoms with Crippen LogP contribution in [0.2, 0.25) is 0 Å². The maximum atomic E-state index is 5.06. The van der Waals surface area contributed by atoms with Crippen molar-refractivity contribution in [2.75, 3.05) is 0 Å². The third-order valence-electron chi connectivity index (χ3n) is 9.73. The number of pyridine rings is 2. The number of hydrogen-bond donors (Lipinski definition) is 0. The molecule has 10 rings (SSSR count). The molecule has 0 atom stereocenters. The Kier molecular flexibility index (Phi) is 7.07. The quantitative estimate of drug-likeness (QED) is 0.171. The first kappa shape index (κ1) is 29.8. The second-order valence-corrected chi connectivity index (χ2v) is 13.0. The fraction of sp³-hybridized carbons (Fsp3) is 0. The molecule has 7 aromatic carbocycles. The molecule has 3 heterocycles. The average molecular weight is 664 g/mol. The van der Waals surface area contributed by atoms with Crippen molar-refractivity contribution in [2.45, 2.75) is 0 Å². The number of fused-ring (bicyclic) bond motifs is 4. The number of benzene rings is 7. The fourth-order valence-corrected chi connectivity index (χ4v) is 7.23. The van der Waals surface area contributed by atoms with Crippen LogP contribution < -0.4 is 0 Å². The lowest BCUT2D eigenvalue weighted by atomic mass is 9.90. The Labute approximate surface area is 300 Å². The molecule has 0 aliphatic rings. The number of aromatic nitrogens is 5. The van der Waals surface area contributed by atoms with Crippen LogP contribution in [0.4, 0.5) is 0 Å². The van der Waals surface area contributed by atoms with Gasteiger partial charge in [-0.1, -0.05) is 97.1 Å². The molecule has 0 unspecified atom stereocenters. The predicted octanol–water partition coefficient (Wildman–Crippen LogP) is 11.6. The van der Waals surface area contributed by atoms with E-state index in [1.165, 1.54) is 43.1 Å². The summed E-state index contributed by atoms with van der Waals surface area (Å²) in [5.74, 6) is 1.54. The SMILES string of the molecule is c1ccc(-c2nc(-c3cc(-c4cccc5cc6ccccc6cc45)cc(-c4cccc5cc6ccccc6cc45)c3)nc(-c3ccccn3)n2)nc1.